The van der Waals surface area contributed by atoms with E-state index in [9.17, 15) is 4.79 Å². The fraction of sp³-hybridized carbons (Fsp3) is 0.611. The van der Waals surface area contributed by atoms with Crippen LogP contribution in [0.15, 0.2) is 36.6 Å². The molecule has 0 spiro atoms. The minimum absolute atomic E-state index is 0.368. The molecule has 0 rings (SSSR count). The van der Waals surface area contributed by atoms with Gasteiger partial charge in [-0.15, -0.1) is 0 Å². The number of carbonyl (C=O) groups excluding carboxylic acids is 1. The SMILES string of the molecule is C=C/C=C(/NCCOCCNC(=O)OC(C)(C)C)C(=C)C(C)C. The zero-order valence-corrected chi connectivity index (χ0v) is 15.2. The lowest BCUT2D eigenvalue weighted by atomic mass is 10.0. The third-order valence-electron chi connectivity index (χ3n) is 2.80. The van der Waals surface area contributed by atoms with E-state index in [1.165, 1.54) is 0 Å². The highest BCUT2D eigenvalue weighted by Gasteiger charge is 2.15. The molecule has 0 aromatic rings. The molecule has 5 nitrogen and oxygen atoms in total. The average molecular weight is 324 g/mol. The molecular formula is C18H32N2O3. The van der Waals surface area contributed by atoms with Gasteiger partial charge in [0.15, 0.2) is 0 Å². The molecule has 0 saturated heterocycles. The molecule has 0 aromatic heterocycles. The first-order valence-corrected chi connectivity index (χ1v) is 7.97. The molecule has 1 amide bonds. The largest absolute Gasteiger partial charge is 0.444 e. The van der Waals surface area contributed by atoms with E-state index in [0.717, 1.165) is 11.3 Å². The number of nitrogens with one attached hydrogen (secondary N) is 2. The summed E-state index contributed by atoms with van der Waals surface area (Å²) in [6.45, 7) is 19.5. The summed E-state index contributed by atoms with van der Waals surface area (Å²) in [5.41, 5.74) is 1.53. The molecule has 23 heavy (non-hydrogen) atoms. The summed E-state index contributed by atoms with van der Waals surface area (Å²) in [6.07, 6.45) is 3.22. The molecule has 0 aliphatic carbocycles. The predicted octanol–water partition coefficient (Wildman–Crippen LogP) is 3.40. The van der Waals surface area contributed by atoms with Crippen LogP contribution in [0, 0.1) is 5.92 Å². The Morgan fingerprint density at radius 3 is 2.22 bits per heavy atom. The second kappa shape index (κ2) is 10.9. The van der Waals surface area contributed by atoms with Crippen molar-refractivity contribution in [1.29, 1.82) is 0 Å². The van der Waals surface area contributed by atoms with Crippen molar-refractivity contribution < 1.29 is 14.3 Å². The van der Waals surface area contributed by atoms with Crippen molar-refractivity contribution in [3.63, 3.8) is 0 Å². The van der Waals surface area contributed by atoms with Gasteiger partial charge in [-0.1, -0.05) is 33.1 Å². The minimum Gasteiger partial charge on any atom is -0.444 e. The first-order valence-electron chi connectivity index (χ1n) is 7.97. The Labute approximate surface area is 140 Å². The molecule has 0 aliphatic heterocycles. The Balaban J connectivity index is 3.84. The number of hydrogen-bond acceptors (Lipinski definition) is 4. The summed E-state index contributed by atoms with van der Waals surface area (Å²) >= 11 is 0. The molecule has 0 aliphatic rings. The predicted molar refractivity (Wildman–Crippen MR) is 95.3 cm³/mol. The fourth-order valence-corrected chi connectivity index (χ4v) is 1.61. The molecular weight excluding hydrogens is 292 g/mol. The summed E-state index contributed by atoms with van der Waals surface area (Å²) < 4.78 is 10.6. The quantitative estimate of drug-likeness (QED) is 0.478. The van der Waals surface area contributed by atoms with Gasteiger partial charge in [0.1, 0.15) is 5.60 Å². The maximum atomic E-state index is 11.4. The Morgan fingerprint density at radius 1 is 1.17 bits per heavy atom. The van der Waals surface area contributed by atoms with Gasteiger partial charge in [0.05, 0.1) is 13.2 Å². The molecule has 0 unspecified atom stereocenters. The van der Waals surface area contributed by atoms with E-state index in [1.54, 1.807) is 6.08 Å². The maximum Gasteiger partial charge on any atom is 0.407 e. The van der Waals surface area contributed by atoms with Crippen LogP contribution in [0.4, 0.5) is 4.79 Å². The van der Waals surface area contributed by atoms with Crippen molar-refractivity contribution in [3.8, 4) is 0 Å². The van der Waals surface area contributed by atoms with E-state index >= 15 is 0 Å². The molecule has 0 aromatic carbocycles. The van der Waals surface area contributed by atoms with E-state index in [0.29, 0.717) is 32.2 Å². The zero-order chi connectivity index (χ0) is 17.9. The zero-order valence-electron chi connectivity index (χ0n) is 15.2. The smallest absolute Gasteiger partial charge is 0.407 e. The van der Waals surface area contributed by atoms with Crippen LogP contribution in [0.5, 0.6) is 0 Å². The molecule has 132 valence electrons. The number of rotatable bonds is 10. The fourth-order valence-electron chi connectivity index (χ4n) is 1.61. The van der Waals surface area contributed by atoms with E-state index in [-0.39, 0.29) is 0 Å². The maximum absolute atomic E-state index is 11.4. The lowest BCUT2D eigenvalue weighted by Gasteiger charge is -2.19. The first kappa shape index (κ1) is 21.2. The van der Waals surface area contributed by atoms with Crippen LogP contribution in [0.1, 0.15) is 34.6 Å². The average Bonchev–Trinajstić information content (AvgIpc) is 2.42. The van der Waals surface area contributed by atoms with Crippen LogP contribution in [0.3, 0.4) is 0 Å². The lowest BCUT2D eigenvalue weighted by molar-refractivity contribution is 0.0500. The lowest BCUT2D eigenvalue weighted by Crippen LogP contribution is -2.34. The van der Waals surface area contributed by atoms with Gasteiger partial charge >= 0.3 is 6.09 Å². The van der Waals surface area contributed by atoms with Gasteiger partial charge in [-0.3, -0.25) is 0 Å². The molecule has 0 heterocycles. The van der Waals surface area contributed by atoms with Crippen LogP contribution in [-0.4, -0.2) is 38.0 Å². The topological polar surface area (TPSA) is 59.6 Å². The minimum atomic E-state index is -0.485. The van der Waals surface area contributed by atoms with Crippen molar-refractivity contribution in [2.75, 3.05) is 26.3 Å². The van der Waals surface area contributed by atoms with Crippen LogP contribution in [0.25, 0.3) is 0 Å². The van der Waals surface area contributed by atoms with E-state index in [4.69, 9.17) is 9.47 Å². The highest BCUT2D eigenvalue weighted by atomic mass is 16.6. The summed E-state index contributed by atoms with van der Waals surface area (Å²) in [5.74, 6) is 0.368. The van der Waals surface area contributed by atoms with Gasteiger partial charge in [0.25, 0.3) is 0 Å². The van der Waals surface area contributed by atoms with Gasteiger partial charge < -0.3 is 20.1 Å². The number of carbonyl (C=O) groups is 1. The Hall–Kier alpha value is -1.75. The number of hydrogen-bond donors (Lipinski definition) is 2. The highest BCUT2D eigenvalue weighted by Crippen LogP contribution is 2.14. The van der Waals surface area contributed by atoms with Crippen LogP contribution < -0.4 is 10.6 Å². The van der Waals surface area contributed by atoms with Gasteiger partial charge in [0, 0.05) is 18.8 Å². The Bertz CT molecular complexity index is 420. The summed E-state index contributed by atoms with van der Waals surface area (Å²) in [5, 5.41) is 5.93. The van der Waals surface area contributed by atoms with Crippen molar-refractivity contribution in [1.82, 2.24) is 10.6 Å². The number of amides is 1. The number of ether oxygens (including phenoxy) is 2. The third kappa shape index (κ3) is 11.5. The monoisotopic (exact) mass is 324 g/mol. The Morgan fingerprint density at radius 2 is 1.74 bits per heavy atom. The molecule has 5 heteroatoms. The van der Waals surface area contributed by atoms with Crippen molar-refractivity contribution >= 4 is 6.09 Å². The van der Waals surface area contributed by atoms with E-state index < -0.39 is 11.7 Å². The second-order valence-electron chi connectivity index (χ2n) is 6.46. The van der Waals surface area contributed by atoms with Crippen LogP contribution in [-0.2, 0) is 9.47 Å². The van der Waals surface area contributed by atoms with Crippen molar-refractivity contribution in [2.45, 2.75) is 40.2 Å². The van der Waals surface area contributed by atoms with Gasteiger partial charge in [0.2, 0.25) is 0 Å². The normalized spacial score (nSPS) is 12.0. The molecule has 0 radical (unpaired) electrons. The molecule has 0 saturated carbocycles. The second-order valence-corrected chi connectivity index (χ2v) is 6.46. The number of allylic oxidation sites excluding steroid dienone is 3. The van der Waals surface area contributed by atoms with Gasteiger partial charge in [-0.2, -0.15) is 0 Å². The number of alkyl carbamates (subject to hydrolysis) is 1. The van der Waals surface area contributed by atoms with Crippen molar-refractivity contribution in [2.24, 2.45) is 5.92 Å². The summed E-state index contributed by atoms with van der Waals surface area (Å²) in [7, 11) is 0. The molecule has 0 atom stereocenters. The van der Waals surface area contributed by atoms with Gasteiger partial charge in [-0.25, -0.2) is 4.79 Å². The molecule has 0 bridgehead atoms. The van der Waals surface area contributed by atoms with Crippen LogP contribution in [0.2, 0.25) is 0 Å². The highest BCUT2D eigenvalue weighted by molar-refractivity contribution is 5.67. The van der Waals surface area contributed by atoms with E-state index in [2.05, 4.69) is 37.6 Å². The first-order chi connectivity index (χ1) is 10.7. The molecule has 0 fully saturated rings. The van der Waals surface area contributed by atoms with E-state index in [1.807, 2.05) is 26.8 Å². The van der Waals surface area contributed by atoms with Gasteiger partial charge in [-0.05, 0) is 38.3 Å². The summed E-state index contributed by atoms with van der Waals surface area (Å²) in [4.78, 5) is 11.4. The Kier molecular flexibility index (Phi) is 10.1. The third-order valence-corrected chi connectivity index (χ3v) is 2.80. The standard InChI is InChI=1S/C18H32N2O3/c1-8-9-16(15(4)14(2)3)19-10-12-22-13-11-20-17(21)23-18(5,6)7/h8-9,14,19H,1,4,10-13H2,2-3,5-7H3,(H,20,21)/b16-9+. The molecule has 2 N–H and O–H groups in total. The van der Waals surface area contributed by atoms with Crippen molar-refractivity contribution in [3.05, 3.63) is 36.6 Å². The summed E-state index contributed by atoms with van der Waals surface area (Å²) in [6, 6.07) is 0. The van der Waals surface area contributed by atoms with Crippen LogP contribution >= 0.6 is 0 Å².